The minimum Gasteiger partial charge on any atom is -0.285 e. The second kappa shape index (κ2) is 4.29. The summed E-state index contributed by atoms with van der Waals surface area (Å²) in [4.78, 5) is 19.5. The van der Waals surface area contributed by atoms with Crippen molar-refractivity contribution >= 4 is 10.1 Å². The lowest BCUT2D eigenvalue weighted by atomic mass is 9.91. The fourth-order valence-corrected chi connectivity index (χ4v) is 2.73. The number of rotatable bonds is 3. The van der Waals surface area contributed by atoms with E-state index in [0.717, 1.165) is 0 Å². The van der Waals surface area contributed by atoms with Crippen LogP contribution in [0.15, 0.2) is 0 Å². The zero-order valence-electron chi connectivity index (χ0n) is 8.05. The van der Waals surface area contributed by atoms with Gasteiger partial charge in [-0.2, -0.15) is 8.42 Å². The molecule has 1 rings (SSSR count). The largest absolute Gasteiger partial charge is 0.285 e. The molecule has 0 aromatic heterocycles. The van der Waals surface area contributed by atoms with Crippen molar-refractivity contribution in [3.05, 3.63) is 20.2 Å². The Bertz CT molecular complexity index is 383. The molecular weight excluding hydrogens is 244 g/mol. The maximum absolute atomic E-state index is 10.8. The highest BCUT2D eigenvalue weighted by Gasteiger charge is 2.45. The van der Waals surface area contributed by atoms with Crippen molar-refractivity contribution in [1.82, 2.24) is 0 Å². The minimum absolute atomic E-state index is 0.300. The molecule has 10 heteroatoms. The average molecular weight is 254 g/mol. The van der Waals surface area contributed by atoms with Crippen LogP contribution in [0.3, 0.4) is 0 Å². The summed E-state index contributed by atoms with van der Waals surface area (Å²) in [7, 11) is -4.47. The molecule has 1 aliphatic carbocycles. The molecule has 92 valence electrons. The Hall–Kier alpha value is -1.29. The van der Waals surface area contributed by atoms with Crippen LogP contribution in [0.25, 0.3) is 0 Å². The van der Waals surface area contributed by atoms with Crippen molar-refractivity contribution in [2.45, 2.75) is 36.6 Å². The minimum atomic E-state index is -4.47. The van der Waals surface area contributed by atoms with E-state index in [2.05, 4.69) is 0 Å². The summed E-state index contributed by atoms with van der Waals surface area (Å²) in [5.74, 6) is 0. The molecule has 2 unspecified atom stereocenters. The fraction of sp³-hybridized carbons (Fsp3) is 1.00. The van der Waals surface area contributed by atoms with Gasteiger partial charge in [-0.25, -0.2) is 0 Å². The van der Waals surface area contributed by atoms with Gasteiger partial charge < -0.3 is 0 Å². The van der Waals surface area contributed by atoms with Gasteiger partial charge in [0.2, 0.25) is 12.1 Å². The second-order valence-electron chi connectivity index (χ2n) is 3.72. The third-order valence-electron chi connectivity index (χ3n) is 2.63. The molecule has 0 aromatic rings. The molecular formula is C6H10N2O7S. The summed E-state index contributed by atoms with van der Waals surface area (Å²) in [6.45, 7) is 0. The Kier molecular flexibility index (Phi) is 3.43. The molecule has 0 aromatic carbocycles. The van der Waals surface area contributed by atoms with E-state index in [-0.39, 0.29) is 19.3 Å². The average Bonchev–Trinajstić information content (AvgIpc) is 2.15. The number of nitro groups is 2. The van der Waals surface area contributed by atoms with E-state index in [1.54, 1.807) is 0 Å². The van der Waals surface area contributed by atoms with Crippen molar-refractivity contribution in [1.29, 1.82) is 0 Å². The Morgan fingerprint density at radius 1 is 1.00 bits per heavy atom. The first kappa shape index (κ1) is 12.8. The molecule has 16 heavy (non-hydrogen) atoms. The van der Waals surface area contributed by atoms with E-state index >= 15 is 0 Å². The van der Waals surface area contributed by atoms with Crippen molar-refractivity contribution in [2.24, 2.45) is 0 Å². The predicted octanol–water partition coefficient (Wildman–Crippen LogP) is -0.283. The van der Waals surface area contributed by atoms with Crippen LogP contribution >= 0.6 is 0 Å². The summed E-state index contributed by atoms with van der Waals surface area (Å²) in [6, 6.07) is -2.59. The third kappa shape index (κ3) is 2.85. The van der Waals surface area contributed by atoms with Crippen molar-refractivity contribution < 1.29 is 22.8 Å². The summed E-state index contributed by atoms with van der Waals surface area (Å²) in [6.07, 6.45) is -1.06. The van der Waals surface area contributed by atoms with Gasteiger partial charge in [0.05, 0.1) is 11.7 Å². The Morgan fingerprint density at radius 2 is 1.38 bits per heavy atom. The molecule has 1 saturated carbocycles. The van der Waals surface area contributed by atoms with Gasteiger partial charge in [-0.1, -0.05) is 0 Å². The monoisotopic (exact) mass is 254 g/mol. The van der Waals surface area contributed by atoms with Crippen molar-refractivity contribution in [3.63, 3.8) is 0 Å². The Balaban J connectivity index is 2.91. The van der Waals surface area contributed by atoms with Gasteiger partial charge in [-0.15, -0.1) is 0 Å². The third-order valence-corrected chi connectivity index (χ3v) is 3.86. The summed E-state index contributed by atoms with van der Waals surface area (Å²) in [5, 5.41) is 19.6. The zero-order chi connectivity index (χ0) is 12.5. The Labute approximate surface area is 90.5 Å². The molecule has 0 saturated heterocycles. The Morgan fingerprint density at radius 3 is 1.62 bits per heavy atom. The number of nitrogens with zero attached hydrogens (tertiary/aromatic N) is 2. The lowest BCUT2D eigenvalue weighted by molar-refractivity contribution is -0.567. The molecule has 0 bridgehead atoms. The lowest BCUT2D eigenvalue weighted by Crippen LogP contribution is -2.43. The van der Waals surface area contributed by atoms with Crippen LogP contribution in [0.2, 0.25) is 0 Å². The second-order valence-corrected chi connectivity index (χ2v) is 5.42. The first-order valence-electron chi connectivity index (χ1n) is 4.45. The van der Waals surface area contributed by atoms with Crippen LogP contribution in [0, 0.1) is 20.2 Å². The van der Waals surface area contributed by atoms with Crippen LogP contribution in [0.1, 0.15) is 19.3 Å². The zero-order valence-corrected chi connectivity index (χ0v) is 8.87. The predicted molar refractivity (Wildman–Crippen MR) is 50.8 cm³/mol. The van der Waals surface area contributed by atoms with Crippen LogP contribution in [0.5, 0.6) is 0 Å². The van der Waals surface area contributed by atoms with Gasteiger partial charge in [0.1, 0.15) is 0 Å². The molecule has 1 fully saturated rings. The normalized spacial score (nSPS) is 30.9. The van der Waals surface area contributed by atoms with Crippen LogP contribution in [-0.4, -0.2) is 40.2 Å². The van der Waals surface area contributed by atoms with Gasteiger partial charge in [0, 0.05) is 22.7 Å². The van der Waals surface area contributed by atoms with E-state index < -0.39 is 37.3 Å². The first-order chi connectivity index (χ1) is 7.21. The van der Waals surface area contributed by atoms with Crippen LogP contribution in [0.4, 0.5) is 0 Å². The molecule has 1 aliphatic rings. The van der Waals surface area contributed by atoms with Crippen LogP contribution < -0.4 is 0 Å². The van der Waals surface area contributed by atoms with Crippen molar-refractivity contribution in [3.8, 4) is 0 Å². The molecule has 0 aliphatic heterocycles. The van der Waals surface area contributed by atoms with E-state index in [9.17, 15) is 28.6 Å². The number of hydrogen-bond donors (Lipinski definition) is 1. The highest BCUT2D eigenvalue weighted by atomic mass is 32.2. The first-order valence-corrected chi connectivity index (χ1v) is 5.95. The standard InChI is InChI=1S/C6H10N2O7S/c9-7(10)4-1-5(8(11)12)3-6(2-4)16(13,14)15/h4-6H,1-3H2,(H,13,14,15). The highest BCUT2D eigenvalue weighted by Crippen LogP contribution is 2.27. The summed E-state index contributed by atoms with van der Waals surface area (Å²) >= 11 is 0. The van der Waals surface area contributed by atoms with Gasteiger partial charge in [-0.3, -0.25) is 24.8 Å². The topological polar surface area (TPSA) is 141 Å². The fourth-order valence-electron chi connectivity index (χ4n) is 1.80. The molecule has 0 spiro atoms. The smallest absolute Gasteiger partial charge is 0.268 e. The van der Waals surface area contributed by atoms with E-state index in [4.69, 9.17) is 4.55 Å². The maximum Gasteiger partial charge on any atom is 0.268 e. The van der Waals surface area contributed by atoms with Gasteiger partial charge in [-0.05, 0) is 0 Å². The van der Waals surface area contributed by atoms with E-state index in [1.807, 2.05) is 0 Å². The summed E-state index contributed by atoms with van der Waals surface area (Å²) < 4.78 is 30.4. The van der Waals surface area contributed by atoms with Gasteiger partial charge in [0.25, 0.3) is 10.1 Å². The molecule has 1 N–H and O–H groups in total. The SMILES string of the molecule is O=[N+]([O-])C1CC([N+](=O)[O-])CC(S(=O)(=O)O)C1. The van der Waals surface area contributed by atoms with Crippen molar-refractivity contribution in [2.75, 3.05) is 0 Å². The van der Waals surface area contributed by atoms with E-state index in [0.29, 0.717) is 0 Å². The molecule has 0 radical (unpaired) electrons. The highest BCUT2D eigenvalue weighted by molar-refractivity contribution is 7.86. The van der Waals surface area contributed by atoms with Crippen LogP contribution in [-0.2, 0) is 10.1 Å². The molecule has 9 nitrogen and oxygen atoms in total. The quantitative estimate of drug-likeness (QED) is 0.414. The maximum atomic E-state index is 10.8. The van der Waals surface area contributed by atoms with Gasteiger partial charge >= 0.3 is 0 Å². The lowest BCUT2D eigenvalue weighted by Gasteiger charge is -2.24. The van der Waals surface area contributed by atoms with Gasteiger partial charge in [0.15, 0.2) is 0 Å². The summed E-state index contributed by atoms with van der Waals surface area (Å²) in [5.41, 5.74) is 0. The van der Waals surface area contributed by atoms with E-state index in [1.165, 1.54) is 0 Å². The molecule has 0 amide bonds. The number of hydrogen-bond acceptors (Lipinski definition) is 6. The molecule has 0 heterocycles. The molecule has 2 atom stereocenters.